The van der Waals surface area contributed by atoms with Crippen molar-refractivity contribution in [1.29, 1.82) is 10.5 Å². The van der Waals surface area contributed by atoms with Crippen molar-refractivity contribution in [3.8, 4) is 12.1 Å². The van der Waals surface area contributed by atoms with Gasteiger partial charge in [-0.3, -0.25) is 0 Å². The summed E-state index contributed by atoms with van der Waals surface area (Å²) in [5.74, 6) is 1.32. The smallest absolute Gasteiger partial charge is 0.0701 e. The van der Waals surface area contributed by atoms with E-state index >= 15 is 0 Å². The Bertz CT molecular complexity index is 1600. The van der Waals surface area contributed by atoms with Crippen LogP contribution in [-0.4, -0.2) is 17.0 Å². The van der Waals surface area contributed by atoms with Crippen LogP contribution in [0.25, 0.3) is 0 Å². The minimum absolute atomic E-state index is 0.00473. The molecular formula is C38H38N4. The van der Waals surface area contributed by atoms with Crippen molar-refractivity contribution in [1.82, 2.24) is 4.90 Å². The largest absolute Gasteiger partial charge is 0.344 e. The molecule has 0 fully saturated rings. The molecule has 5 aliphatic carbocycles. The normalized spacial score (nSPS) is 34.4. The lowest BCUT2D eigenvalue weighted by molar-refractivity contribution is 0.272. The Morgan fingerprint density at radius 3 is 2.62 bits per heavy atom. The molecule has 1 aromatic rings. The van der Waals surface area contributed by atoms with E-state index in [2.05, 4.69) is 101 Å². The molecule has 210 valence electrons. The van der Waals surface area contributed by atoms with Crippen LogP contribution < -0.4 is 4.90 Å². The molecule has 7 aliphatic rings. The van der Waals surface area contributed by atoms with Crippen LogP contribution in [0.4, 0.5) is 5.69 Å². The van der Waals surface area contributed by atoms with Gasteiger partial charge in [0.25, 0.3) is 0 Å². The highest BCUT2D eigenvalue weighted by Crippen LogP contribution is 2.54. The standard InChI is InChI=1S/C38H38N4/c39-23-25-8-5-10-28(20-25)42-35-16-4-2-13-32(35)38-30(14-7-17-37(38)42)27-9-6-11-29(22-27)41-34-15-3-1-12-31(34)33-21-26(24-40)18-19-36(33)41/h1-3,5,8,10-15,18-19,25-27,32-33,35-36H,4,6-7,9,16-17,20-22H2. The van der Waals surface area contributed by atoms with E-state index in [1.807, 2.05) is 0 Å². The van der Waals surface area contributed by atoms with Crippen LogP contribution in [0.1, 0.15) is 69.3 Å². The number of nitriles is 2. The highest BCUT2D eigenvalue weighted by atomic mass is 15.2. The van der Waals surface area contributed by atoms with E-state index in [0.29, 0.717) is 29.8 Å². The minimum atomic E-state index is -0.0266. The number of fused-ring (bicyclic) bond motifs is 5. The van der Waals surface area contributed by atoms with Crippen molar-refractivity contribution in [2.24, 2.45) is 23.7 Å². The molecule has 2 aliphatic heterocycles. The molecular weight excluding hydrogens is 512 g/mol. The molecule has 4 heteroatoms. The summed E-state index contributed by atoms with van der Waals surface area (Å²) in [6.07, 6.45) is 30.5. The van der Waals surface area contributed by atoms with E-state index in [1.165, 1.54) is 41.2 Å². The molecule has 0 N–H and O–H groups in total. The van der Waals surface area contributed by atoms with Crippen LogP contribution in [0.5, 0.6) is 0 Å². The zero-order valence-electron chi connectivity index (χ0n) is 24.2. The Morgan fingerprint density at radius 1 is 0.810 bits per heavy atom. The van der Waals surface area contributed by atoms with E-state index < -0.39 is 0 Å². The van der Waals surface area contributed by atoms with Gasteiger partial charge in [0.05, 0.1) is 30.0 Å². The number of hydrogen-bond donors (Lipinski definition) is 0. The lowest BCUT2D eigenvalue weighted by Gasteiger charge is -2.38. The van der Waals surface area contributed by atoms with Crippen LogP contribution in [-0.2, 0) is 0 Å². The van der Waals surface area contributed by atoms with Crippen molar-refractivity contribution in [3.63, 3.8) is 0 Å². The molecule has 0 spiro atoms. The van der Waals surface area contributed by atoms with Gasteiger partial charge >= 0.3 is 0 Å². The molecule has 8 rings (SSSR count). The maximum absolute atomic E-state index is 9.70. The average Bonchev–Trinajstić information content (AvgIpc) is 3.57. The number of rotatable bonds is 3. The predicted molar refractivity (Wildman–Crippen MR) is 167 cm³/mol. The second-order valence-electron chi connectivity index (χ2n) is 13.1. The monoisotopic (exact) mass is 550 g/mol. The van der Waals surface area contributed by atoms with Gasteiger partial charge in [-0.15, -0.1) is 0 Å². The SMILES string of the molecule is N#CC1C=CC=C(N2C3=C(C(C4CCC=C(N5c6ccccc6C6CC(C#N)C=CC65)C4)=CCC3)C3C=CCCC32)C1. The molecule has 0 radical (unpaired) electrons. The summed E-state index contributed by atoms with van der Waals surface area (Å²) in [4.78, 5) is 5.31. The van der Waals surface area contributed by atoms with Crippen molar-refractivity contribution >= 4 is 5.69 Å². The highest BCUT2D eigenvalue weighted by Gasteiger charge is 2.46. The second kappa shape index (κ2) is 10.4. The third kappa shape index (κ3) is 3.99. The summed E-state index contributed by atoms with van der Waals surface area (Å²) in [7, 11) is 0. The number of allylic oxidation sites excluding steroid dienone is 11. The van der Waals surface area contributed by atoms with Gasteiger partial charge in [-0.05, 0) is 86.1 Å². The topological polar surface area (TPSA) is 54.1 Å². The van der Waals surface area contributed by atoms with Crippen molar-refractivity contribution in [3.05, 3.63) is 113 Å². The average molecular weight is 551 g/mol. The fourth-order valence-electron chi connectivity index (χ4n) is 9.13. The number of anilines is 1. The Kier molecular flexibility index (Phi) is 6.33. The van der Waals surface area contributed by atoms with Gasteiger partial charge in [0.1, 0.15) is 0 Å². The summed E-state index contributed by atoms with van der Waals surface area (Å²) in [6.45, 7) is 0. The molecule has 1 aromatic carbocycles. The maximum Gasteiger partial charge on any atom is 0.0701 e. The van der Waals surface area contributed by atoms with E-state index in [-0.39, 0.29) is 11.8 Å². The third-order valence-electron chi connectivity index (χ3n) is 10.9. The summed E-state index contributed by atoms with van der Waals surface area (Å²) >= 11 is 0. The lowest BCUT2D eigenvalue weighted by Crippen LogP contribution is -2.36. The first-order valence-electron chi connectivity index (χ1n) is 16.1. The van der Waals surface area contributed by atoms with Crippen molar-refractivity contribution < 1.29 is 0 Å². The van der Waals surface area contributed by atoms with E-state index in [9.17, 15) is 10.5 Å². The molecule has 0 saturated carbocycles. The molecule has 4 nitrogen and oxygen atoms in total. The fourth-order valence-corrected chi connectivity index (χ4v) is 9.13. The molecule has 2 heterocycles. The molecule has 42 heavy (non-hydrogen) atoms. The third-order valence-corrected chi connectivity index (χ3v) is 10.9. The molecule has 0 saturated heterocycles. The Hall–Kier alpha value is -4.02. The maximum atomic E-state index is 9.70. The van der Waals surface area contributed by atoms with Gasteiger partial charge in [-0.2, -0.15) is 10.5 Å². The fraction of sp³-hybridized carbons (Fsp3) is 0.421. The Labute approximate surface area is 250 Å². The van der Waals surface area contributed by atoms with Gasteiger partial charge in [0.2, 0.25) is 0 Å². The highest BCUT2D eigenvalue weighted by molar-refractivity contribution is 5.68. The summed E-state index contributed by atoms with van der Waals surface area (Å²) < 4.78 is 0. The zero-order chi connectivity index (χ0) is 28.2. The van der Waals surface area contributed by atoms with Crippen LogP contribution in [0.3, 0.4) is 0 Å². The van der Waals surface area contributed by atoms with Gasteiger partial charge < -0.3 is 9.80 Å². The first-order valence-corrected chi connectivity index (χ1v) is 16.1. The van der Waals surface area contributed by atoms with Crippen LogP contribution in [0.15, 0.2) is 107 Å². The van der Waals surface area contributed by atoms with E-state index in [1.54, 1.807) is 11.1 Å². The Balaban J connectivity index is 1.13. The molecule has 7 atom stereocenters. The predicted octanol–water partition coefficient (Wildman–Crippen LogP) is 8.35. The van der Waals surface area contributed by atoms with Crippen molar-refractivity contribution in [2.75, 3.05) is 4.90 Å². The minimum Gasteiger partial charge on any atom is -0.344 e. The number of nitrogens with zero attached hydrogens (tertiary/aromatic N) is 4. The number of para-hydroxylation sites is 1. The first-order chi connectivity index (χ1) is 20.7. The molecule has 0 amide bonds. The van der Waals surface area contributed by atoms with E-state index in [4.69, 9.17) is 0 Å². The molecule has 0 aromatic heterocycles. The lowest BCUT2D eigenvalue weighted by atomic mass is 9.74. The number of benzene rings is 1. The van der Waals surface area contributed by atoms with Gasteiger partial charge in [0, 0.05) is 47.1 Å². The van der Waals surface area contributed by atoms with Crippen molar-refractivity contribution in [2.45, 2.75) is 75.8 Å². The van der Waals surface area contributed by atoms with Gasteiger partial charge in [-0.1, -0.05) is 66.8 Å². The quantitative estimate of drug-likeness (QED) is 0.355. The van der Waals surface area contributed by atoms with Crippen LogP contribution in [0.2, 0.25) is 0 Å². The summed E-state index contributed by atoms with van der Waals surface area (Å²) in [5, 5.41) is 19.4. The zero-order valence-corrected chi connectivity index (χ0v) is 24.2. The van der Waals surface area contributed by atoms with Crippen LogP contribution in [0, 0.1) is 46.3 Å². The molecule has 7 unspecified atom stereocenters. The summed E-state index contributed by atoms with van der Waals surface area (Å²) in [5.41, 5.74) is 10.3. The van der Waals surface area contributed by atoms with Gasteiger partial charge in [-0.25, -0.2) is 0 Å². The number of hydrogen-bond acceptors (Lipinski definition) is 4. The molecule has 0 bridgehead atoms. The van der Waals surface area contributed by atoms with Crippen LogP contribution >= 0.6 is 0 Å². The first kappa shape index (κ1) is 25.7. The van der Waals surface area contributed by atoms with Gasteiger partial charge in [0.15, 0.2) is 0 Å². The second-order valence-corrected chi connectivity index (χ2v) is 13.1. The van der Waals surface area contributed by atoms with E-state index in [0.717, 1.165) is 44.9 Å². The Morgan fingerprint density at radius 2 is 1.71 bits per heavy atom. The summed E-state index contributed by atoms with van der Waals surface area (Å²) in [6, 6.07) is 14.7.